The number of hydrogen-bond donors (Lipinski definition) is 1. The third-order valence-corrected chi connectivity index (χ3v) is 2.76. The second kappa shape index (κ2) is 7.16. The minimum absolute atomic E-state index is 0.0570. The molecule has 22 heavy (non-hydrogen) atoms. The second-order valence-corrected chi connectivity index (χ2v) is 4.58. The monoisotopic (exact) mass is 300 g/mol. The first-order chi connectivity index (χ1) is 10.6. The maximum atomic E-state index is 11.8. The summed E-state index contributed by atoms with van der Waals surface area (Å²) in [5.41, 5.74) is 2.05. The molecule has 114 valence electrons. The van der Waals surface area contributed by atoms with Gasteiger partial charge in [0.1, 0.15) is 12.9 Å². The van der Waals surface area contributed by atoms with Crippen LogP contribution in [0.4, 0.5) is 5.95 Å². The molecule has 0 aliphatic heterocycles. The lowest BCUT2D eigenvalue weighted by Crippen LogP contribution is -2.13. The van der Waals surface area contributed by atoms with Crippen LogP contribution in [0.25, 0.3) is 6.08 Å². The van der Waals surface area contributed by atoms with Crippen molar-refractivity contribution in [2.24, 2.45) is 0 Å². The van der Waals surface area contributed by atoms with Crippen LogP contribution in [0.5, 0.6) is 0 Å². The third-order valence-electron chi connectivity index (χ3n) is 2.76. The Kier molecular flexibility index (Phi) is 5.02. The van der Waals surface area contributed by atoms with Crippen molar-refractivity contribution in [1.82, 2.24) is 14.8 Å². The Morgan fingerprint density at radius 2 is 2.23 bits per heavy atom. The Morgan fingerprint density at radius 3 is 2.95 bits per heavy atom. The van der Waals surface area contributed by atoms with Crippen LogP contribution in [-0.4, -0.2) is 33.8 Å². The van der Waals surface area contributed by atoms with Crippen LogP contribution in [0.15, 0.2) is 36.7 Å². The van der Waals surface area contributed by atoms with Crippen molar-refractivity contribution in [3.05, 3.63) is 47.8 Å². The molecule has 1 heterocycles. The molecule has 0 saturated heterocycles. The number of aromatic nitrogens is 3. The molecule has 0 aliphatic carbocycles. The molecular formula is C15H16N4O3. The zero-order valence-electron chi connectivity index (χ0n) is 12.3. The largest absolute Gasteiger partial charge is 0.468 e. The number of carbonyl (C=O) groups is 2. The highest BCUT2D eigenvalue weighted by atomic mass is 16.5. The van der Waals surface area contributed by atoms with Gasteiger partial charge in [-0.05, 0) is 18.6 Å². The summed E-state index contributed by atoms with van der Waals surface area (Å²) in [4.78, 5) is 26.8. The van der Waals surface area contributed by atoms with Crippen molar-refractivity contribution in [2.75, 3.05) is 12.4 Å². The number of carbonyl (C=O) groups excluding carboxylic acids is 2. The fourth-order valence-corrected chi connectivity index (χ4v) is 1.72. The number of esters is 1. The molecule has 0 bridgehead atoms. The molecule has 7 heteroatoms. The first kappa shape index (κ1) is 15.4. The van der Waals surface area contributed by atoms with Gasteiger partial charge in [-0.15, -0.1) is 5.10 Å². The average molecular weight is 300 g/mol. The Labute approximate surface area is 127 Å². The van der Waals surface area contributed by atoms with Crippen molar-refractivity contribution >= 4 is 23.9 Å². The molecule has 0 aliphatic rings. The van der Waals surface area contributed by atoms with Crippen molar-refractivity contribution in [1.29, 1.82) is 0 Å². The highest BCUT2D eigenvalue weighted by molar-refractivity contribution is 6.00. The molecule has 0 fully saturated rings. The fourth-order valence-electron chi connectivity index (χ4n) is 1.72. The van der Waals surface area contributed by atoms with Crippen molar-refractivity contribution in [3.8, 4) is 0 Å². The van der Waals surface area contributed by atoms with E-state index in [1.807, 2.05) is 31.2 Å². The second-order valence-electron chi connectivity index (χ2n) is 4.58. The molecule has 0 saturated carbocycles. The van der Waals surface area contributed by atoms with Gasteiger partial charge in [-0.25, -0.2) is 9.67 Å². The first-order valence-electron chi connectivity index (χ1n) is 6.59. The lowest BCUT2D eigenvalue weighted by molar-refractivity contribution is -0.141. The van der Waals surface area contributed by atoms with Crippen molar-refractivity contribution < 1.29 is 14.3 Å². The van der Waals surface area contributed by atoms with E-state index in [1.165, 1.54) is 24.2 Å². The van der Waals surface area contributed by atoms with Gasteiger partial charge in [0.2, 0.25) is 5.95 Å². The van der Waals surface area contributed by atoms with Gasteiger partial charge in [-0.3, -0.25) is 14.9 Å². The zero-order chi connectivity index (χ0) is 15.9. The van der Waals surface area contributed by atoms with Gasteiger partial charge in [-0.1, -0.05) is 29.8 Å². The van der Waals surface area contributed by atoms with Gasteiger partial charge >= 0.3 is 5.97 Å². The number of rotatable bonds is 5. The number of nitrogens with one attached hydrogen (secondary N) is 1. The summed E-state index contributed by atoms with van der Waals surface area (Å²) in [6.07, 6.45) is 4.44. The molecule has 0 unspecified atom stereocenters. The van der Waals surface area contributed by atoms with Gasteiger partial charge < -0.3 is 4.74 Å². The van der Waals surface area contributed by atoms with E-state index in [4.69, 9.17) is 0 Å². The zero-order valence-corrected chi connectivity index (χ0v) is 12.3. The fraction of sp³-hybridized carbons (Fsp3) is 0.200. The Morgan fingerprint density at radius 1 is 1.41 bits per heavy atom. The lowest BCUT2D eigenvalue weighted by atomic mass is 10.1. The maximum absolute atomic E-state index is 11.8. The molecule has 1 N–H and O–H groups in total. The number of anilines is 1. The van der Waals surface area contributed by atoms with Crippen LogP contribution < -0.4 is 5.32 Å². The van der Waals surface area contributed by atoms with Gasteiger partial charge in [-0.2, -0.15) is 0 Å². The highest BCUT2D eigenvalue weighted by Crippen LogP contribution is 2.06. The Bertz CT molecular complexity index is 706. The van der Waals surface area contributed by atoms with E-state index in [-0.39, 0.29) is 18.4 Å². The van der Waals surface area contributed by atoms with Gasteiger partial charge in [0.05, 0.1) is 7.11 Å². The number of nitrogens with zero attached hydrogens (tertiary/aromatic N) is 3. The van der Waals surface area contributed by atoms with E-state index in [2.05, 4.69) is 20.1 Å². The quantitative estimate of drug-likeness (QED) is 0.666. The van der Waals surface area contributed by atoms with E-state index >= 15 is 0 Å². The molecule has 1 aromatic carbocycles. The van der Waals surface area contributed by atoms with E-state index in [9.17, 15) is 9.59 Å². The SMILES string of the molecule is COC(=O)Cn1cnc(NC(=O)C=Cc2cccc(C)c2)n1. The molecule has 7 nitrogen and oxygen atoms in total. The minimum atomic E-state index is -0.442. The molecular weight excluding hydrogens is 284 g/mol. The number of ether oxygens (including phenoxy) is 1. The number of hydrogen-bond acceptors (Lipinski definition) is 5. The van der Waals surface area contributed by atoms with Crippen LogP contribution in [-0.2, 0) is 20.9 Å². The van der Waals surface area contributed by atoms with Gasteiger partial charge in [0.15, 0.2) is 0 Å². The van der Waals surface area contributed by atoms with E-state index in [0.717, 1.165) is 11.1 Å². The van der Waals surface area contributed by atoms with Crippen LogP contribution in [0, 0.1) is 6.92 Å². The topological polar surface area (TPSA) is 86.1 Å². The van der Waals surface area contributed by atoms with Crippen molar-refractivity contribution in [2.45, 2.75) is 13.5 Å². The summed E-state index contributed by atoms with van der Waals surface area (Å²) in [5.74, 6) is -0.665. The number of benzene rings is 1. The summed E-state index contributed by atoms with van der Waals surface area (Å²) >= 11 is 0. The molecule has 0 spiro atoms. The molecule has 1 amide bonds. The number of aryl methyl sites for hydroxylation is 1. The normalized spacial score (nSPS) is 10.6. The first-order valence-corrected chi connectivity index (χ1v) is 6.59. The van der Waals surface area contributed by atoms with E-state index in [1.54, 1.807) is 6.08 Å². The predicted octanol–water partition coefficient (Wildman–Crippen LogP) is 1.41. The van der Waals surface area contributed by atoms with Gasteiger partial charge in [0, 0.05) is 6.08 Å². The lowest BCUT2D eigenvalue weighted by Gasteiger charge is -1.98. The summed E-state index contributed by atoms with van der Waals surface area (Å²) in [7, 11) is 1.29. The van der Waals surface area contributed by atoms with Crippen LogP contribution in [0.2, 0.25) is 0 Å². The molecule has 1 aromatic heterocycles. The smallest absolute Gasteiger partial charge is 0.327 e. The summed E-state index contributed by atoms with van der Waals surface area (Å²) in [6, 6.07) is 7.77. The van der Waals surface area contributed by atoms with E-state index in [0.29, 0.717) is 0 Å². The van der Waals surface area contributed by atoms with Crippen molar-refractivity contribution in [3.63, 3.8) is 0 Å². The maximum Gasteiger partial charge on any atom is 0.327 e. The van der Waals surface area contributed by atoms with Crippen LogP contribution >= 0.6 is 0 Å². The molecule has 0 atom stereocenters. The van der Waals surface area contributed by atoms with Gasteiger partial charge in [0.25, 0.3) is 5.91 Å². The molecule has 0 radical (unpaired) electrons. The molecule has 2 rings (SSSR count). The summed E-state index contributed by atoms with van der Waals surface area (Å²) < 4.78 is 5.80. The number of amides is 1. The standard InChI is InChI=1S/C15H16N4O3/c1-11-4-3-5-12(8-11)6-7-13(20)17-15-16-10-19(18-15)9-14(21)22-2/h3-8,10H,9H2,1-2H3,(H,17,18,20). The van der Waals surface area contributed by atoms with Crippen LogP contribution in [0.1, 0.15) is 11.1 Å². The highest BCUT2D eigenvalue weighted by Gasteiger charge is 2.07. The van der Waals surface area contributed by atoms with Crippen LogP contribution in [0.3, 0.4) is 0 Å². The molecule has 2 aromatic rings. The summed E-state index contributed by atoms with van der Waals surface area (Å²) in [6.45, 7) is 1.92. The Hall–Kier alpha value is -2.96. The predicted molar refractivity (Wildman–Crippen MR) is 80.9 cm³/mol. The third kappa shape index (κ3) is 4.55. The minimum Gasteiger partial charge on any atom is -0.468 e. The number of methoxy groups -OCH3 is 1. The average Bonchev–Trinajstić information content (AvgIpc) is 2.92. The summed E-state index contributed by atoms with van der Waals surface area (Å²) in [5, 5.41) is 6.46. The Balaban J connectivity index is 1.93. The van der Waals surface area contributed by atoms with E-state index < -0.39 is 5.97 Å².